The van der Waals surface area contributed by atoms with Crippen molar-refractivity contribution in [1.82, 2.24) is 0 Å². The van der Waals surface area contributed by atoms with E-state index in [-0.39, 0.29) is 5.69 Å². The molecule has 2 nitrogen and oxygen atoms in total. The minimum atomic E-state index is -3.98. The molecule has 0 fully saturated rings. The molecular formula is C8H5F4NO. The molecule has 0 saturated carbocycles. The van der Waals surface area contributed by atoms with Crippen molar-refractivity contribution >= 4 is 5.69 Å². The Kier molecular flexibility index (Phi) is 1.58. The molecule has 1 aromatic carbocycles. The predicted octanol–water partition coefficient (Wildman–Crippen LogP) is 2.40. The molecule has 0 amide bonds. The summed E-state index contributed by atoms with van der Waals surface area (Å²) in [5.41, 5.74) is 3.49. The highest BCUT2D eigenvalue weighted by Gasteiger charge is 2.57. The topological polar surface area (TPSA) is 35.2 Å². The van der Waals surface area contributed by atoms with Gasteiger partial charge in [0.05, 0.1) is 11.1 Å². The number of fused-ring (bicyclic) bond motifs is 1. The highest BCUT2D eigenvalue weighted by atomic mass is 19.3. The number of nitrogen functional groups attached to an aromatic ring is 1. The van der Waals surface area contributed by atoms with E-state index in [1.807, 2.05) is 0 Å². The van der Waals surface area contributed by atoms with Crippen LogP contribution in [0.2, 0.25) is 0 Å². The lowest BCUT2D eigenvalue weighted by atomic mass is 10.1. The molecule has 1 aromatic rings. The van der Waals surface area contributed by atoms with Crippen LogP contribution in [0.4, 0.5) is 23.2 Å². The van der Waals surface area contributed by atoms with Crippen LogP contribution in [0, 0.1) is 0 Å². The molecule has 0 aromatic heterocycles. The van der Waals surface area contributed by atoms with Gasteiger partial charge in [0.25, 0.3) is 0 Å². The summed E-state index contributed by atoms with van der Waals surface area (Å²) >= 11 is 0. The molecule has 2 N–H and O–H groups in total. The molecule has 0 unspecified atom stereocenters. The van der Waals surface area contributed by atoms with Gasteiger partial charge in [-0.25, -0.2) is 4.74 Å². The summed E-state index contributed by atoms with van der Waals surface area (Å²) in [7, 11) is 0. The third kappa shape index (κ3) is 1.14. The first-order valence-electron chi connectivity index (χ1n) is 3.69. The van der Waals surface area contributed by atoms with Gasteiger partial charge in [-0.15, -0.1) is 0 Å². The van der Waals surface area contributed by atoms with Crippen LogP contribution in [0.5, 0.6) is 0 Å². The van der Waals surface area contributed by atoms with Crippen molar-refractivity contribution in [1.29, 1.82) is 0 Å². The normalized spacial score (nSPS) is 22.0. The average Bonchev–Trinajstić information content (AvgIpc) is 2.17. The molecule has 14 heavy (non-hydrogen) atoms. The summed E-state index contributed by atoms with van der Waals surface area (Å²) in [6.45, 7) is 0. The maximum Gasteiger partial charge on any atom is 0.388 e. The number of ether oxygens (including phenoxy) is 1. The van der Waals surface area contributed by atoms with Crippen LogP contribution in [0.25, 0.3) is 0 Å². The van der Waals surface area contributed by atoms with Gasteiger partial charge in [-0.3, -0.25) is 0 Å². The fourth-order valence-corrected chi connectivity index (χ4v) is 1.33. The number of rotatable bonds is 0. The van der Waals surface area contributed by atoms with Crippen LogP contribution in [0.3, 0.4) is 0 Å². The zero-order valence-corrected chi connectivity index (χ0v) is 6.73. The van der Waals surface area contributed by atoms with Crippen molar-refractivity contribution in [3.05, 3.63) is 29.3 Å². The van der Waals surface area contributed by atoms with Gasteiger partial charge in [0.15, 0.2) is 0 Å². The number of anilines is 1. The number of hydrogen-bond donors (Lipinski definition) is 1. The van der Waals surface area contributed by atoms with Crippen LogP contribution in [0.1, 0.15) is 11.1 Å². The molecule has 76 valence electrons. The maximum atomic E-state index is 12.9. The van der Waals surface area contributed by atoms with Gasteiger partial charge < -0.3 is 5.73 Å². The van der Waals surface area contributed by atoms with Crippen molar-refractivity contribution in [2.75, 3.05) is 5.73 Å². The third-order valence-corrected chi connectivity index (χ3v) is 1.93. The smallest absolute Gasteiger partial charge is 0.388 e. The molecule has 1 aliphatic heterocycles. The Morgan fingerprint density at radius 1 is 1.00 bits per heavy atom. The Hall–Kier alpha value is -1.30. The van der Waals surface area contributed by atoms with E-state index >= 15 is 0 Å². The molecule has 0 aliphatic carbocycles. The van der Waals surface area contributed by atoms with Gasteiger partial charge in [-0.05, 0) is 18.2 Å². The average molecular weight is 207 g/mol. The Bertz CT molecular complexity index is 391. The molecular weight excluding hydrogens is 202 g/mol. The second-order valence-electron chi connectivity index (χ2n) is 2.94. The van der Waals surface area contributed by atoms with Gasteiger partial charge in [0.1, 0.15) is 0 Å². The van der Waals surface area contributed by atoms with E-state index in [0.29, 0.717) is 0 Å². The van der Waals surface area contributed by atoms with Crippen molar-refractivity contribution < 1.29 is 22.3 Å². The van der Waals surface area contributed by atoms with Crippen molar-refractivity contribution in [3.8, 4) is 0 Å². The Morgan fingerprint density at radius 2 is 1.57 bits per heavy atom. The van der Waals surface area contributed by atoms with Crippen molar-refractivity contribution in [3.63, 3.8) is 0 Å². The molecule has 2 rings (SSSR count). The second kappa shape index (κ2) is 2.38. The van der Waals surface area contributed by atoms with E-state index in [4.69, 9.17) is 5.73 Å². The summed E-state index contributed by atoms with van der Waals surface area (Å²) in [5, 5.41) is 0. The molecule has 0 bridgehead atoms. The number of hydrogen-bond acceptors (Lipinski definition) is 2. The van der Waals surface area contributed by atoms with E-state index in [1.54, 1.807) is 0 Å². The van der Waals surface area contributed by atoms with Gasteiger partial charge in [0.2, 0.25) is 0 Å². The molecule has 0 spiro atoms. The summed E-state index contributed by atoms with van der Waals surface area (Å²) in [6, 6.07) is 2.75. The Balaban J connectivity index is 2.66. The first-order chi connectivity index (χ1) is 6.33. The monoisotopic (exact) mass is 207 g/mol. The van der Waals surface area contributed by atoms with Gasteiger partial charge in [-0.2, -0.15) is 17.6 Å². The quantitative estimate of drug-likeness (QED) is 0.523. The zero-order chi connectivity index (χ0) is 10.6. The Morgan fingerprint density at radius 3 is 2.21 bits per heavy atom. The van der Waals surface area contributed by atoms with Crippen LogP contribution in [-0.2, 0) is 17.0 Å². The molecule has 1 aliphatic rings. The highest BCUT2D eigenvalue weighted by Crippen LogP contribution is 2.51. The van der Waals surface area contributed by atoms with Crippen LogP contribution in [-0.4, -0.2) is 0 Å². The van der Waals surface area contributed by atoms with Crippen LogP contribution in [0.15, 0.2) is 18.2 Å². The minimum absolute atomic E-state index is 0.00951. The summed E-state index contributed by atoms with van der Waals surface area (Å²) in [5.74, 6) is 0. The van der Waals surface area contributed by atoms with Gasteiger partial charge >= 0.3 is 12.2 Å². The van der Waals surface area contributed by atoms with E-state index in [0.717, 1.165) is 18.2 Å². The van der Waals surface area contributed by atoms with Crippen molar-refractivity contribution in [2.24, 2.45) is 0 Å². The van der Waals surface area contributed by atoms with E-state index < -0.39 is 23.3 Å². The van der Waals surface area contributed by atoms with E-state index in [9.17, 15) is 17.6 Å². The summed E-state index contributed by atoms with van der Waals surface area (Å²) in [6.07, 6.45) is -7.93. The fourth-order valence-electron chi connectivity index (χ4n) is 1.33. The lowest BCUT2D eigenvalue weighted by molar-refractivity contribution is -0.369. The number of halogens is 4. The van der Waals surface area contributed by atoms with E-state index in [2.05, 4.69) is 4.74 Å². The Labute approximate surface area is 76.3 Å². The molecule has 0 atom stereocenters. The third-order valence-electron chi connectivity index (χ3n) is 1.93. The van der Waals surface area contributed by atoms with Gasteiger partial charge in [0, 0.05) is 5.69 Å². The first-order valence-corrected chi connectivity index (χ1v) is 3.69. The maximum absolute atomic E-state index is 12.9. The molecule has 1 heterocycles. The SMILES string of the molecule is Nc1ccc2c(c1)C(F)(F)OC2(F)F. The minimum Gasteiger partial charge on any atom is -0.399 e. The van der Waals surface area contributed by atoms with Crippen molar-refractivity contribution in [2.45, 2.75) is 12.2 Å². The first kappa shape index (κ1) is 9.26. The fraction of sp³-hybridized carbons (Fsp3) is 0.250. The highest BCUT2D eigenvalue weighted by molar-refractivity contribution is 5.48. The lowest BCUT2D eigenvalue weighted by Gasteiger charge is -2.10. The van der Waals surface area contributed by atoms with Gasteiger partial charge in [-0.1, -0.05) is 0 Å². The second-order valence-corrected chi connectivity index (χ2v) is 2.94. The molecule has 0 radical (unpaired) electrons. The number of alkyl halides is 4. The molecule has 6 heteroatoms. The van der Waals surface area contributed by atoms with E-state index in [1.165, 1.54) is 0 Å². The standard InChI is InChI=1S/C8H5F4NO/c9-7(10)5-2-1-4(13)3-6(5)8(11,12)14-7/h1-3H,13H2. The number of nitrogens with two attached hydrogens (primary N) is 1. The van der Waals surface area contributed by atoms with Crippen LogP contribution >= 0.6 is 0 Å². The number of benzene rings is 1. The largest absolute Gasteiger partial charge is 0.399 e. The van der Waals surface area contributed by atoms with Crippen LogP contribution < -0.4 is 5.73 Å². The molecule has 0 saturated heterocycles. The summed E-state index contributed by atoms with van der Waals surface area (Å²) in [4.78, 5) is 0. The summed E-state index contributed by atoms with van der Waals surface area (Å²) < 4.78 is 54.7. The lowest BCUT2D eigenvalue weighted by Crippen LogP contribution is -2.17. The zero-order valence-electron chi connectivity index (χ0n) is 6.73. The predicted molar refractivity (Wildman–Crippen MR) is 39.7 cm³/mol.